The average Bonchev–Trinajstić information content (AvgIpc) is 3.52. The summed E-state index contributed by atoms with van der Waals surface area (Å²) in [5.41, 5.74) is 4.71. The first-order valence-electron chi connectivity index (χ1n) is 12.8. The van der Waals surface area contributed by atoms with Crippen molar-refractivity contribution >= 4 is 61.4 Å². The van der Waals surface area contributed by atoms with Crippen LogP contribution in [0.25, 0.3) is 27.0 Å². The number of hydrogen-bond donors (Lipinski definition) is 1. The molecule has 0 radical (unpaired) electrons. The van der Waals surface area contributed by atoms with E-state index in [9.17, 15) is 9.90 Å². The second kappa shape index (κ2) is 9.21. The van der Waals surface area contributed by atoms with Gasteiger partial charge in [-0.15, -0.1) is 0 Å². The van der Waals surface area contributed by atoms with Gasteiger partial charge in [0.15, 0.2) is 5.13 Å². The van der Waals surface area contributed by atoms with Crippen molar-refractivity contribution in [1.29, 1.82) is 0 Å². The Morgan fingerprint density at radius 3 is 2.54 bits per heavy atom. The first-order valence-corrected chi connectivity index (χ1v) is 14.4. The van der Waals surface area contributed by atoms with Gasteiger partial charge < -0.3 is 19.3 Å². The molecular weight excluding hydrogens is 559 g/mol. The lowest BCUT2D eigenvalue weighted by Gasteiger charge is -2.46. The SMILES string of the molecule is COc1cc2nc(N3CCC4(C=C(c5c(-c6c(Cl)cncc6Cl)noc5C5CC5)C4)CC3)sc2cc1C(=O)O. The molecule has 0 atom stereocenters. The summed E-state index contributed by atoms with van der Waals surface area (Å²) in [6.07, 6.45) is 10.8. The molecule has 2 fully saturated rings. The van der Waals surface area contributed by atoms with Crippen LogP contribution in [0.1, 0.15) is 59.7 Å². The van der Waals surface area contributed by atoms with E-state index < -0.39 is 5.97 Å². The Bertz CT molecular complexity index is 1650. The van der Waals surface area contributed by atoms with Gasteiger partial charge in [-0.1, -0.05) is 45.8 Å². The van der Waals surface area contributed by atoms with Gasteiger partial charge in [0.25, 0.3) is 0 Å². The number of allylic oxidation sites excluding steroid dienone is 2. The van der Waals surface area contributed by atoms with Crippen molar-refractivity contribution in [2.45, 2.75) is 38.0 Å². The van der Waals surface area contributed by atoms with Crippen LogP contribution in [0, 0.1) is 5.41 Å². The molecule has 8 nitrogen and oxygen atoms in total. The molecule has 1 N–H and O–H groups in total. The lowest BCUT2D eigenvalue weighted by Crippen LogP contribution is -2.42. The van der Waals surface area contributed by atoms with E-state index >= 15 is 0 Å². The molecule has 3 aromatic heterocycles. The Labute approximate surface area is 238 Å². The van der Waals surface area contributed by atoms with Gasteiger partial charge in [0.05, 0.1) is 27.4 Å². The number of pyridine rings is 1. The number of methoxy groups -OCH3 is 1. The second-order valence-electron chi connectivity index (χ2n) is 10.5. The molecule has 7 rings (SSSR count). The molecular formula is C28H24Cl2N4O4S. The molecule has 0 amide bonds. The number of thiazole rings is 1. The number of carbonyl (C=O) groups is 1. The van der Waals surface area contributed by atoms with E-state index in [1.807, 2.05) is 0 Å². The molecule has 1 saturated carbocycles. The molecule has 0 unspecified atom stereocenters. The van der Waals surface area contributed by atoms with E-state index in [2.05, 4.69) is 21.1 Å². The Hall–Kier alpha value is -3.14. The van der Waals surface area contributed by atoms with E-state index in [0.29, 0.717) is 33.0 Å². The molecule has 1 spiro atoms. The third-order valence-electron chi connectivity index (χ3n) is 8.06. The lowest BCUT2D eigenvalue weighted by atomic mass is 9.63. The minimum absolute atomic E-state index is 0.128. The molecule has 1 saturated heterocycles. The highest BCUT2D eigenvalue weighted by atomic mass is 35.5. The number of anilines is 1. The zero-order valence-electron chi connectivity index (χ0n) is 21.0. The van der Waals surface area contributed by atoms with Crippen molar-refractivity contribution in [3.8, 4) is 17.0 Å². The number of aromatic nitrogens is 3. The van der Waals surface area contributed by atoms with Gasteiger partial charge in [-0.05, 0) is 49.2 Å². The summed E-state index contributed by atoms with van der Waals surface area (Å²) in [5.74, 6) is 0.660. The summed E-state index contributed by atoms with van der Waals surface area (Å²) in [5, 5.41) is 15.8. The van der Waals surface area contributed by atoms with Crippen molar-refractivity contribution in [3.63, 3.8) is 0 Å². The standard InChI is InChI=1S/C28H24Cl2N4O4S/c1-37-20-9-19-21(8-16(20)26(35)36)39-27(32-19)34-6-4-28(5-7-34)10-15(11-28)22-24(33-38-25(22)14-2-3-14)23-17(29)12-31-13-18(23)30/h8-10,12-14H,2-7,11H2,1H3,(H,35,36). The molecule has 4 aromatic rings. The number of halogens is 2. The summed E-state index contributed by atoms with van der Waals surface area (Å²) >= 11 is 14.5. The van der Waals surface area contributed by atoms with E-state index in [1.165, 1.54) is 24.0 Å². The number of ether oxygens (including phenoxy) is 1. The molecule has 3 aliphatic rings. The van der Waals surface area contributed by atoms with Crippen LogP contribution in [0.4, 0.5) is 5.13 Å². The number of piperidine rings is 1. The number of benzene rings is 1. The summed E-state index contributed by atoms with van der Waals surface area (Å²) in [7, 11) is 1.47. The zero-order chi connectivity index (χ0) is 26.9. The normalized spacial score (nSPS) is 18.3. The van der Waals surface area contributed by atoms with Gasteiger partial charge in [-0.2, -0.15) is 0 Å². The molecule has 1 aliphatic heterocycles. The van der Waals surface area contributed by atoms with Gasteiger partial charge in [0.1, 0.15) is 22.8 Å². The fourth-order valence-electron chi connectivity index (χ4n) is 5.80. The maximum Gasteiger partial charge on any atom is 0.339 e. The van der Waals surface area contributed by atoms with Crippen LogP contribution >= 0.6 is 34.5 Å². The minimum Gasteiger partial charge on any atom is -0.496 e. The molecule has 200 valence electrons. The number of carboxylic acid groups (broad SMARTS) is 1. The molecule has 39 heavy (non-hydrogen) atoms. The number of carboxylic acids is 1. The van der Waals surface area contributed by atoms with Crippen molar-refractivity contribution in [1.82, 2.24) is 15.1 Å². The molecule has 11 heteroatoms. The molecule has 0 bridgehead atoms. The predicted molar refractivity (Wildman–Crippen MR) is 151 cm³/mol. The van der Waals surface area contributed by atoms with Crippen molar-refractivity contribution in [2.75, 3.05) is 25.1 Å². The average molecular weight is 583 g/mol. The van der Waals surface area contributed by atoms with Crippen LogP contribution in [-0.4, -0.2) is 46.4 Å². The van der Waals surface area contributed by atoms with E-state index in [0.717, 1.165) is 71.9 Å². The number of hydrogen-bond acceptors (Lipinski definition) is 8. The van der Waals surface area contributed by atoms with Crippen molar-refractivity contribution < 1.29 is 19.2 Å². The van der Waals surface area contributed by atoms with Crippen LogP contribution in [0.5, 0.6) is 5.75 Å². The van der Waals surface area contributed by atoms with Crippen LogP contribution in [0.15, 0.2) is 35.1 Å². The highest BCUT2D eigenvalue weighted by Gasteiger charge is 2.44. The maximum atomic E-state index is 11.6. The fraction of sp³-hybridized carbons (Fsp3) is 0.357. The zero-order valence-corrected chi connectivity index (χ0v) is 23.4. The number of aromatic carboxylic acids is 1. The van der Waals surface area contributed by atoms with Crippen molar-refractivity contribution in [3.05, 3.63) is 57.5 Å². The number of fused-ring (bicyclic) bond motifs is 1. The topological polar surface area (TPSA) is 102 Å². The van der Waals surface area contributed by atoms with Crippen LogP contribution in [-0.2, 0) is 0 Å². The lowest BCUT2D eigenvalue weighted by molar-refractivity contribution is 0.0693. The van der Waals surface area contributed by atoms with Crippen molar-refractivity contribution in [2.24, 2.45) is 5.41 Å². The molecule has 2 aliphatic carbocycles. The van der Waals surface area contributed by atoms with E-state index in [-0.39, 0.29) is 11.0 Å². The minimum atomic E-state index is -1.01. The molecule has 4 heterocycles. The summed E-state index contributed by atoms with van der Waals surface area (Å²) in [6.45, 7) is 1.75. The summed E-state index contributed by atoms with van der Waals surface area (Å²) in [6, 6.07) is 3.36. The van der Waals surface area contributed by atoms with Gasteiger partial charge in [-0.3, -0.25) is 4.98 Å². The summed E-state index contributed by atoms with van der Waals surface area (Å²) < 4.78 is 12.0. The first-order chi connectivity index (χ1) is 18.9. The summed E-state index contributed by atoms with van der Waals surface area (Å²) in [4.78, 5) is 22.8. The largest absolute Gasteiger partial charge is 0.496 e. The third kappa shape index (κ3) is 4.18. The monoisotopic (exact) mass is 582 g/mol. The highest BCUT2D eigenvalue weighted by molar-refractivity contribution is 7.22. The highest BCUT2D eigenvalue weighted by Crippen LogP contribution is 2.56. The van der Waals surface area contributed by atoms with Gasteiger partial charge in [0.2, 0.25) is 0 Å². The van der Waals surface area contributed by atoms with Crippen LogP contribution < -0.4 is 9.64 Å². The predicted octanol–water partition coefficient (Wildman–Crippen LogP) is 7.31. The Balaban J connectivity index is 1.14. The van der Waals surface area contributed by atoms with Gasteiger partial charge >= 0.3 is 5.97 Å². The quantitative estimate of drug-likeness (QED) is 0.252. The number of nitrogens with zero attached hydrogens (tertiary/aromatic N) is 4. The maximum absolute atomic E-state index is 11.6. The smallest absolute Gasteiger partial charge is 0.339 e. The van der Waals surface area contributed by atoms with Gasteiger partial charge in [0, 0.05) is 48.6 Å². The van der Waals surface area contributed by atoms with Crippen LogP contribution in [0.2, 0.25) is 10.0 Å². The van der Waals surface area contributed by atoms with Gasteiger partial charge in [-0.25, -0.2) is 9.78 Å². The van der Waals surface area contributed by atoms with E-state index in [4.69, 9.17) is 37.4 Å². The second-order valence-corrected chi connectivity index (χ2v) is 12.4. The van der Waals surface area contributed by atoms with E-state index in [1.54, 1.807) is 24.5 Å². The molecule has 1 aromatic carbocycles. The Morgan fingerprint density at radius 1 is 1.18 bits per heavy atom. The first kappa shape index (κ1) is 24.9. The Morgan fingerprint density at radius 2 is 1.90 bits per heavy atom. The Kier molecular flexibility index (Phi) is 5.88. The number of rotatable bonds is 6. The third-order valence-corrected chi connectivity index (χ3v) is 9.71. The van der Waals surface area contributed by atoms with Crippen LogP contribution in [0.3, 0.4) is 0 Å². The fourth-order valence-corrected chi connectivity index (χ4v) is 7.39.